The van der Waals surface area contributed by atoms with E-state index in [0.29, 0.717) is 16.2 Å². The predicted octanol–water partition coefficient (Wildman–Crippen LogP) is 3.36. The first kappa shape index (κ1) is 10.1. The van der Waals surface area contributed by atoms with Crippen molar-refractivity contribution in [3.05, 3.63) is 0 Å². The van der Waals surface area contributed by atoms with Crippen LogP contribution in [0.15, 0.2) is 0 Å². The Morgan fingerprint density at radius 1 is 1.07 bits per heavy atom. The lowest BCUT2D eigenvalue weighted by atomic mass is 9.67. The minimum Gasteiger partial charge on any atom is -0.393 e. The van der Waals surface area contributed by atoms with Gasteiger partial charge in [-0.15, -0.1) is 0 Å². The third-order valence-corrected chi connectivity index (χ3v) is 6.61. The molecule has 0 aliphatic heterocycles. The van der Waals surface area contributed by atoms with Gasteiger partial charge in [-0.1, -0.05) is 27.2 Å². The predicted molar refractivity (Wildman–Crippen MR) is 61.5 cm³/mol. The Morgan fingerprint density at radius 2 is 1.80 bits per heavy atom. The van der Waals surface area contributed by atoms with E-state index in [-0.39, 0.29) is 6.10 Å². The second-order valence-corrected chi connectivity index (χ2v) is 7.19. The van der Waals surface area contributed by atoms with Crippen molar-refractivity contribution in [1.29, 1.82) is 0 Å². The highest BCUT2D eigenvalue weighted by Gasteiger charge is 2.69. The monoisotopic (exact) mass is 208 g/mol. The normalized spacial score (nSPS) is 56.8. The van der Waals surface area contributed by atoms with Gasteiger partial charge in [0.05, 0.1) is 6.10 Å². The van der Waals surface area contributed by atoms with Crippen LogP contribution in [-0.4, -0.2) is 11.2 Å². The second kappa shape index (κ2) is 2.61. The van der Waals surface area contributed by atoms with Crippen LogP contribution in [-0.2, 0) is 0 Å². The zero-order valence-corrected chi connectivity index (χ0v) is 10.3. The summed E-state index contributed by atoms with van der Waals surface area (Å²) in [5.74, 6) is 0.785. The Labute approximate surface area is 93.3 Å². The lowest BCUT2D eigenvalue weighted by Crippen LogP contribution is -2.37. The number of aliphatic hydroxyl groups is 1. The molecule has 3 rings (SSSR count). The van der Waals surface area contributed by atoms with Crippen LogP contribution in [0.3, 0.4) is 0 Å². The van der Waals surface area contributed by atoms with Gasteiger partial charge in [-0.25, -0.2) is 0 Å². The van der Waals surface area contributed by atoms with Crippen LogP contribution in [0.1, 0.15) is 59.3 Å². The molecule has 4 atom stereocenters. The zero-order valence-electron chi connectivity index (χ0n) is 10.3. The lowest BCUT2D eigenvalue weighted by molar-refractivity contribution is -0.00434. The molecule has 0 aromatic rings. The van der Waals surface area contributed by atoms with Gasteiger partial charge < -0.3 is 5.11 Å². The summed E-state index contributed by atoms with van der Waals surface area (Å²) in [5.41, 5.74) is 1.28. The van der Waals surface area contributed by atoms with E-state index in [4.69, 9.17) is 0 Å². The van der Waals surface area contributed by atoms with Crippen molar-refractivity contribution in [3.8, 4) is 0 Å². The van der Waals surface area contributed by atoms with Gasteiger partial charge in [0.25, 0.3) is 0 Å². The van der Waals surface area contributed by atoms with Crippen molar-refractivity contribution >= 4 is 0 Å². The lowest BCUT2D eigenvalue weighted by Gasteiger charge is -2.39. The first-order valence-electron chi connectivity index (χ1n) is 6.60. The van der Waals surface area contributed by atoms with Gasteiger partial charge in [0.15, 0.2) is 0 Å². The fourth-order valence-electron chi connectivity index (χ4n) is 5.43. The maximum absolute atomic E-state index is 10.3. The van der Waals surface area contributed by atoms with Gasteiger partial charge in [0, 0.05) is 5.41 Å². The molecule has 0 amide bonds. The largest absolute Gasteiger partial charge is 0.393 e. The molecule has 2 bridgehead atoms. The minimum atomic E-state index is 0.00361. The molecule has 3 aliphatic rings. The summed E-state index contributed by atoms with van der Waals surface area (Å²) in [7, 11) is 0. The Morgan fingerprint density at radius 3 is 2.20 bits per heavy atom. The average molecular weight is 208 g/mol. The van der Waals surface area contributed by atoms with Gasteiger partial charge in [-0.2, -0.15) is 0 Å². The highest BCUT2D eigenvalue weighted by Crippen LogP contribution is 2.75. The fraction of sp³-hybridized carbons (Fsp3) is 1.00. The van der Waals surface area contributed by atoms with Crippen LogP contribution >= 0.6 is 0 Å². The summed E-state index contributed by atoms with van der Waals surface area (Å²) >= 11 is 0. The standard InChI is InChI=1S/C14H24O/c1-12(2)10-6-8-13(12,3)9-14(10)7-4-5-11(14)15/h10-11,15H,4-9H2,1-3H3. The number of rotatable bonds is 0. The summed E-state index contributed by atoms with van der Waals surface area (Å²) in [4.78, 5) is 0. The van der Waals surface area contributed by atoms with Crippen LogP contribution in [0.4, 0.5) is 0 Å². The smallest absolute Gasteiger partial charge is 0.0599 e. The fourth-order valence-corrected chi connectivity index (χ4v) is 5.43. The van der Waals surface area contributed by atoms with E-state index >= 15 is 0 Å². The molecular weight excluding hydrogens is 184 g/mol. The molecule has 3 fully saturated rings. The zero-order chi connectivity index (χ0) is 10.9. The van der Waals surface area contributed by atoms with E-state index in [1.165, 1.54) is 32.1 Å². The molecule has 0 saturated heterocycles. The van der Waals surface area contributed by atoms with E-state index in [9.17, 15) is 5.11 Å². The van der Waals surface area contributed by atoms with Gasteiger partial charge in [0.1, 0.15) is 0 Å². The summed E-state index contributed by atoms with van der Waals surface area (Å²) in [6.07, 6.45) is 7.65. The molecule has 15 heavy (non-hydrogen) atoms. The van der Waals surface area contributed by atoms with Crippen molar-refractivity contribution < 1.29 is 5.11 Å². The molecule has 3 aliphatic carbocycles. The maximum atomic E-state index is 10.3. The molecule has 1 N–H and O–H groups in total. The molecule has 0 aromatic heterocycles. The number of hydrogen-bond donors (Lipinski definition) is 1. The van der Waals surface area contributed by atoms with Crippen LogP contribution in [0.2, 0.25) is 0 Å². The molecule has 86 valence electrons. The molecule has 3 saturated carbocycles. The summed E-state index contributed by atoms with van der Waals surface area (Å²) in [5, 5.41) is 10.3. The van der Waals surface area contributed by atoms with Crippen molar-refractivity contribution in [2.45, 2.75) is 65.4 Å². The van der Waals surface area contributed by atoms with Crippen molar-refractivity contribution in [2.75, 3.05) is 0 Å². The second-order valence-electron chi connectivity index (χ2n) is 7.19. The van der Waals surface area contributed by atoms with Crippen molar-refractivity contribution in [3.63, 3.8) is 0 Å². The van der Waals surface area contributed by atoms with Crippen molar-refractivity contribution in [1.82, 2.24) is 0 Å². The first-order chi connectivity index (χ1) is 6.92. The van der Waals surface area contributed by atoms with Crippen LogP contribution in [0.5, 0.6) is 0 Å². The summed E-state index contributed by atoms with van der Waals surface area (Å²) in [6, 6.07) is 0. The molecule has 1 heteroatoms. The quantitative estimate of drug-likeness (QED) is 0.647. The highest BCUT2D eigenvalue weighted by atomic mass is 16.3. The third-order valence-electron chi connectivity index (χ3n) is 6.61. The van der Waals surface area contributed by atoms with Gasteiger partial charge in [0.2, 0.25) is 0 Å². The van der Waals surface area contributed by atoms with Crippen LogP contribution < -0.4 is 0 Å². The molecule has 1 nitrogen and oxygen atoms in total. The van der Waals surface area contributed by atoms with E-state index in [2.05, 4.69) is 20.8 Å². The minimum absolute atomic E-state index is 0.00361. The molecule has 1 spiro atoms. The van der Waals surface area contributed by atoms with E-state index in [1.54, 1.807) is 0 Å². The number of aliphatic hydroxyl groups excluding tert-OH is 1. The van der Waals surface area contributed by atoms with E-state index < -0.39 is 0 Å². The Balaban J connectivity index is 2.04. The number of fused-ring (bicyclic) bond motifs is 3. The molecule has 0 aromatic carbocycles. The van der Waals surface area contributed by atoms with Gasteiger partial charge in [-0.05, 0) is 48.9 Å². The van der Waals surface area contributed by atoms with Crippen LogP contribution in [0.25, 0.3) is 0 Å². The maximum Gasteiger partial charge on any atom is 0.0599 e. The third kappa shape index (κ3) is 0.945. The number of hydrogen-bond acceptors (Lipinski definition) is 1. The molecule has 0 radical (unpaired) electrons. The molecule has 4 unspecified atom stereocenters. The SMILES string of the molecule is CC12CCC(C3(CCCC3O)C1)C2(C)C. The first-order valence-corrected chi connectivity index (χ1v) is 6.60. The average Bonchev–Trinajstić information content (AvgIpc) is 2.62. The van der Waals surface area contributed by atoms with E-state index in [0.717, 1.165) is 12.3 Å². The topological polar surface area (TPSA) is 20.2 Å². The van der Waals surface area contributed by atoms with Gasteiger partial charge in [-0.3, -0.25) is 0 Å². The summed E-state index contributed by atoms with van der Waals surface area (Å²) in [6.45, 7) is 7.36. The molecular formula is C14H24O. The van der Waals surface area contributed by atoms with Gasteiger partial charge >= 0.3 is 0 Å². The Kier molecular flexibility index (Phi) is 1.77. The van der Waals surface area contributed by atoms with E-state index in [1.807, 2.05) is 0 Å². The molecule has 0 heterocycles. The van der Waals surface area contributed by atoms with Crippen molar-refractivity contribution in [2.24, 2.45) is 22.2 Å². The Hall–Kier alpha value is -0.0400. The summed E-state index contributed by atoms with van der Waals surface area (Å²) < 4.78 is 0. The Bertz CT molecular complexity index is 293. The highest BCUT2D eigenvalue weighted by molar-refractivity contribution is 5.18. The van der Waals surface area contributed by atoms with Crippen LogP contribution in [0, 0.1) is 22.2 Å².